The first kappa shape index (κ1) is 22.2. The number of anilines is 1. The van der Waals surface area contributed by atoms with Gasteiger partial charge < -0.3 is 9.47 Å². The second-order valence-corrected chi connectivity index (χ2v) is 7.83. The third-order valence-electron chi connectivity index (χ3n) is 4.49. The van der Waals surface area contributed by atoms with E-state index in [0.29, 0.717) is 17.5 Å². The van der Waals surface area contributed by atoms with Crippen LogP contribution in [0.5, 0.6) is 11.5 Å². The Kier molecular flexibility index (Phi) is 6.81. The Bertz CT molecular complexity index is 1100. The molecule has 1 heterocycles. The summed E-state index contributed by atoms with van der Waals surface area (Å²) >= 11 is 1.18. The molecule has 9 nitrogen and oxygen atoms in total. The summed E-state index contributed by atoms with van der Waals surface area (Å²) in [5, 5.41) is 23.0. The molecule has 3 rings (SSSR count). The van der Waals surface area contributed by atoms with Gasteiger partial charge in [-0.3, -0.25) is 20.2 Å². The van der Waals surface area contributed by atoms with Gasteiger partial charge in [0.1, 0.15) is 10.6 Å². The topological polar surface area (TPSA) is 116 Å². The minimum atomic E-state index is -0.689. The molecule has 0 aliphatic carbocycles. The van der Waals surface area contributed by atoms with Crippen LogP contribution in [-0.2, 0) is 0 Å². The van der Waals surface area contributed by atoms with Crippen molar-refractivity contribution in [1.29, 1.82) is 0 Å². The maximum absolute atomic E-state index is 12.8. The molecule has 2 aromatic carbocycles. The number of hydrogen-bond donors (Lipinski definition) is 1. The molecule has 0 aliphatic rings. The minimum absolute atomic E-state index is 0.164. The maximum Gasteiger partial charge on any atom is 0.286 e. The number of nitrogens with one attached hydrogen (secondary N) is 1. The average Bonchev–Trinajstić information content (AvgIpc) is 3.22. The van der Waals surface area contributed by atoms with Gasteiger partial charge in [0.25, 0.3) is 11.6 Å². The number of amides is 1. The number of carbonyl (C=O) groups excluding carboxylic acids is 1. The van der Waals surface area contributed by atoms with Crippen molar-refractivity contribution in [3.05, 3.63) is 57.6 Å². The molecule has 0 radical (unpaired) electrons. The lowest BCUT2D eigenvalue weighted by Crippen LogP contribution is -2.14. The Morgan fingerprint density at radius 2 is 1.90 bits per heavy atom. The monoisotopic (exact) mass is 442 g/mol. The van der Waals surface area contributed by atoms with E-state index < -0.39 is 16.5 Å². The fourth-order valence-electron chi connectivity index (χ4n) is 2.88. The van der Waals surface area contributed by atoms with Gasteiger partial charge >= 0.3 is 0 Å². The fourth-order valence-corrected chi connectivity index (χ4v) is 3.62. The van der Waals surface area contributed by atoms with Crippen LogP contribution < -0.4 is 14.8 Å². The Balaban J connectivity index is 1.85. The van der Waals surface area contributed by atoms with Crippen molar-refractivity contribution in [2.75, 3.05) is 19.0 Å². The molecule has 0 aliphatic heterocycles. The summed E-state index contributed by atoms with van der Waals surface area (Å²) in [6.07, 6.45) is 0. The van der Waals surface area contributed by atoms with Crippen molar-refractivity contribution >= 4 is 28.1 Å². The van der Waals surface area contributed by atoms with Crippen molar-refractivity contribution < 1.29 is 19.2 Å². The summed E-state index contributed by atoms with van der Waals surface area (Å²) in [7, 11) is 1.40. The van der Waals surface area contributed by atoms with Gasteiger partial charge in [0.15, 0.2) is 11.5 Å². The van der Waals surface area contributed by atoms with Crippen LogP contribution in [0.2, 0.25) is 0 Å². The van der Waals surface area contributed by atoms with E-state index in [2.05, 4.69) is 29.4 Å². The maximum atomic E-state index is 12.8. The molecule has 10 heteroatoms. The van der Waals surface area contributed by atoms with Crippen molar-refractivity contribution in [3.63, 3.8) is 0 Å². The third-order valence-corrected chi connectivity index (χ3v) is 5.38. The second-order valence-electron chi connectivity index (χ2n) is 6.85. The molecule has 31 heavy (non-hydrogen) atoms. The zero-order chi connectivity index (χ0) is 22.5. The van der Waals surface area contributed by atoms with Crippen LogP contribution in [0.1, 0.15) is 42.6 Å². The summed E-state index contributed by atoms with van der Waals surface area (Å²) in [5.41, 5.74) is 1.52. The fraction of sp³-hybridized carbons (Fsp3) is 0.286. The van der Waals surface area contributed by atoms with E-state index in [4.69, 9.17) is 9.47 Å². The summed E-state index contributed by atoms with van der Waals surface area (Å²) in [5.74, 6) is 0.142. The first-order valence-electron chi connectivity index (χ1n) is 9.58. The highest BCUT2D eigenvalue weighted by Gasteiger charge is 2.25. The molecular formula is C21H22N4O5S. The van der Waals surface area contributed by atoms with Gasteiger partial charge in [0.05, 0.1) is 24.7 Å². The number of rotatable bonds is 8. The van der Waals surface area contributed by atoms with Crippen molar-refractivity contribution in [1.82, 2.24) is 10.2 Å². The number of aromatic nitrogens is 2. The minimum Gasteiger partial charge on any atom is -0.493 e. The highest BCUT2D eigenvalue weighted by atomic mass is 32.1. The zero-order valence-corrected chi connectivity index (χ0v) is 18.4. The van der Waals surface area contributed by atoms with Crippen LogP contribution >= 0.6 is 11.3 Å². The molecule has 0 spiro atoms. The van der Waals surface area contributed by atoms with Crippen LogP contribution in [0, 0.1) is 10.1 Å². The van der Waals surface area contributed by atoms with Crippen LogP contribution in [0.25, 0.3) is 10.6 Å². The third kappa shape index (κ3) is 4.97. The van der Waals surface area contributed by atoms with E-state index in [0.717, 1.165) is 5.56 Å². The Labute approximate surface area is 183 Å². The molecule has 1 amide bonds. The highest BCUT2D eigenvalue weighted by Crippen LogP contribution is 2.35. The number of benzene rings is 2. The van der Waals surface area contributed by atoms with Gasteiger partial charge in [-0.2, -0.15) is 0 Å². The number of methoxy groups -OCH3 is 1. The van der Waals surface area contributed by atoms with Crippen molar-refractivity contribution in [3.8, 4) is 22.1 Å². The predicted molar refractivity (Wildman–Crippen MR) is 118 cm³/mol. The molecule has 0 fully saturated rings. The Hall–Kier alpha value is -3.53. The van der Waals surface area contributed by atoms with Gasteiger partial charge in [-0.1, -0.05) is 49.4 Å². The highest BCUT2D eigenvalue weighted by molar-refractivity contribution is 7.18. The number of hydrogen-bond acceptors (Lipinski definition) is 8. The van der Waals surface area contributed by atoms with E-state index in [-0.39, 0.29) is 22.2 Å². The van der Waals surface area contributed by atoms with Gasteiger partial charge in [-0.05, 0) is 18.4 Å². The van der Waals surface area contributed by atoms with E-state index >= 15 is 0 Å². The number of nitrogens with zero attached hydrogens (tertiary/aromatic N) is 3. The number of carbonyl (C=O) groups is 1. The van der Waals surface area contributed by atoms with Gasteiger partial charge in [0.2, 0.25) is 5.13 Å². The average molecular weight is 442 g/mol. The summed E-state index contributed by atoms with van der Waals surface area (Å²) < 4.78 is 10.6. The van der Waals surface area contributed by atoms with Gasteiger partial charge in [0, 0.05) is 11.6 Å². The molecule has 0 saturated carbocycles. The summed E-state index contributed by atoms with van der Waals surface area (Å²) in [6, 6.07) is 10.4. The molecule has 0 atom stereocenters. The lowest BCUT2D eigenvalue weighted by molar-refractivity contribution is -0.385. The van der Waals surface area contributed by atoms with E-state index in [1.54, 1.807) is 6.92 Å². The van der Waals surface area contributed by atoms with Crippen LogP contribution in [-0.4, -0.2) is 34.7 Å². The Morgan fingerprint density at radius 3 is 2.48 bits per heavy atom. The SMILES string of the molecule is CCOc1cc([N+](=O)[O-])c(C(=O)Nc2nnc(-c3ccc(C(C)C)cc3)s2)cc1OC. The summed E-state index contributed by atoms with van der Waals surface area (Å²) in [4.78, 5) is 23.6. The lowest BCUT2D eigenvalue weighted by Gasteiger charge is -2.11. The first-order valence-corrected chi connectivity index (χ1v) is 10.4. The number of nitro benzene ring substituents is 1. The Morgan fingerprint density at radius 1 is 1.19 bits per heavy atom. The van der Waals surface area contributed by atoms with Crippen molar-refractivity contribution in [2.24, 2.45) is 0 Å². The van der Waals surface area contributed by atoms with Crippen molar-refractivity contribution in [2.45, 2.75) is 26.7 Å². The molecule has 1 aromatic heterocycles. The summed E-state index contributed by atoms with van der Waals surface area (Å²) in [6.45, 7) is 6.27. The normalized spacial score (nSPS) is 10.7. The van der Waals surface area contributed by atoms with Gasteiger partial charge in [-0.15, -0.1) is 10.2 Å². The van der Waals surface area contributed by atoms with Gasteiger partial charge in [-0.25, -0.2) is 0 Å². The second kappa shape index (κ2) is 9.52. The predicted octanol–water partition coefficient (Wildman–Crippen LogP) is 4.90. The largest absolute Gasteiger partial charge is 0.493 e. The molecular weight excluding hydrogens is 420 g/mol. The molecule has 0 bridgehead atoms. The number of nitro groups is 1. The first-order chi connectivity index (χ1) is 14.8. The van der Waals surface area contributed by atoms with E-state index in [9.17, 15) is 14.9 Å². The molecule has 162 valence electrons. The van der Waals surface area contributed by atoms with E-state index in [1.807, 2.05) is 24.3 Å². The van der Waals surface area contributed by atoms with Crippen LogP contribution in [0.4, 0.5) is 10.8 Å². The van der Waals surface area contributed by atoms with Crippen LogP contribution in [0.3, 0.4) is 0 Å². The smallest absolute Gasteiger partial charge is 0.286 e. The standard InChI is InChI=1S/C21H22N4O5S/c1-5-30-18-11-16(25(27)28)15(10-17(18)29-4)19(26)22-21-24-23-20(31-21)14-8-6-13(7-9-14)12(2)3/h6-12H,5H2,1-4H3,(H,22,24,26). The molecule has 3 aromatic rings. The van der Waals surface area contributed by atoms with Crippen LogP contribution in [0.15, 0.2) is 36.4 Å². The lowest BCUT2D eigenvalue weighted by atomic mass is 10.0. The number of ether oxygens (including phenoxy) is 2. The zero-order valence-electron chi connectivity index (χ0n) is 17.5. The molecule has 1 N–H and O–H groups in total. The molecule has 0 saturated heterocycles. The molecule has 0 unspecified atom stereocenters. The quantitative estimate of drug-likeness (QED) is 0.390. The van der Waals surface area contributed by atoms with E-state index in [1.165, 1.54) is 36.1 Å².